The second-order valence-electron chi connectivity index (χ2n) is 8.93. The minimum Gasteiger partial charge on any atom is -0.356 e. The Hall–Kier alpha value is -2.88. The van der Waals surface area contributed by atoms with Crippen LogP contribution >= 0.6 is 0 Å². The minimum atomic E-state index is 0.0683. The average molecular weight is 463 g/mol. The van der Waals surface area contributed by atoms with Crippen LogP contribution in [-0.2, 0) is 22.7 Å². The van der Waals surface area contributed by atoms with Gasteiger partial charge >= 0.3 is 0 Å². The van der Waals surface area contributed by atoms with Gasteiger partial charge in [0.05, 0.1) is 0 Å². The van der Waals surface area contributed by atoms with Crippen LogP contribution in [0.3, 0.4) is 0 Å². The van der Waals surface area contributed by atoms with E-state index in [4.69, 9.17) is 0 Å². The van der Waals surface area contributed by atoms with E-state index in [1.807, 2.05) is 54.3 Å². The molecule has 2 amide bonds. The van der Waals surface area contributed by atoms with Crippen molar-refractivity contribution in [3.8, 4) is 0 Å². The number of unbranched alkanes of at least 4 members (excludes halogenated alkanes) is 7. The van der Waals surface area contributed by atoms with Gasteiger partial charge in [-0.05, 0) is 42.9 Å². The lowest BCUT2D eigenvalue weighted by atomic mass is 10.1. The summed E-state index contributed by atoms with van der Waals surface area (Å²) in [5.74, 6) is 0.246. The van der Waals surface area contributed by atoms with E-state index in [1.165, 1.54) is 32.1 Å². The molecule has 4 heteroatoms. The van der Waals surface area contributed by atoms with Gasteiger partial charge in [0, 0.05) is 26.1 Å². The molecule has 0 aliphatic heterocycles. The fourth-order valence-corrected chi connectivity index (χ4v) is 3.92. The Kier molecular flexibility index (Phi) is 14.1. The van der Waals surface area contributed by atoms with Crippen LogP contribution < -0.4 is 5.32 Å². The Morgan fingerprint density at radius 2 is 1.29 bits per heavy atom. The van der Waals surface area contributed by atoms with E-state index in [1.54, 1.807) is 6.08 Å². The molecule has 2 aromatic rings. The molecule has 1 N–H and O–H groups in total. The molecule has 2 aromatic carbocycles. The molecule has 0 spiro atoms. The third-order valence-corrected chi connectivity index (χ3v) is 5.85. The van der Waals surface area contributed by atoms with Crippen LogP contribution in [0.2, 0.25) is 0 Å². The highest BCUT2D eigenvalue weighted by atomic mass is 16.2. The molecular formula is C30H42N2O2. The minimum absolute atomic E-state index is 0.0683. The summed E-state index contributed by atoms with van der Waals surface area (Å²) in [6, 6.07) is 20.3. The first-order valence-corrected chi connectivity index (χ1v) is 13.0. The van der Waals surface area contributed by atoms with Crippen molar-refractivity contribution < 1.29 is 9.59 Å². The highest BCUT2D eigenvalue weighted by Crippen LogP contribution is 2.12. The van der Waals surface area contributed by atoms with Crippen LogP contribution in [0.4, 0.5) is 0 Å². The van der Waals surface area contributed by atoms with Gasteiger partial charge in [-0.2, -0.15) is 0 Å². The second-order valence-corrected chi connectivity index (χ2v) is 8.93. The third kappa shape index (κ3) is 12.4. The number of carbonyl (C=O) groups is 2. The number of nitrogens with one attached hydrogen (secondary N) is 1. The van der Waals surface area contributed by atoms with Gasteiger partial charge in [0.1, 0.15) is 0 Å². The van der Waals surface area contributed by atoms with Gasteiger partial charge in [-0.1, -0.05) is 106 Å². The highest BCUT2D eigenvalue weighted by Gasteiger charge is 2.12. The van der Waals surface area contributed by atoms with Crippen molar-refractivity contribution in [2.24, 2.45) is 0 Å². The number of hydrogen-bond acceptors (Lipinski definition) is 2. The van der Waals surface area contributed by atoms with E-state index < -0.39 is 0 Å². The molecule has 0 heterocycles. The normalized spacial score (nSPS) is 11.0. The molecule has 0 aliphatic carbocycles. The fraction of sp³-hybridized carbons (Fsp3) is 0.467. The zero-order valence-electron chi connectivity index (χ0n) is 20.9. The summed E-state index contributed by atoms with van der Waals surface area (Å²) in [5.41, 5.74) is 2.28. The maximum Gasteiger partial charge on any atom is 0.246 e. The van der Waals surface area contributed by atoms with Crippen molar-refractivity contribution in [1.29, 1.82) is 0 Å². The van der Waals surface area contributed by atoms with Gasteiger partial charge in [-0.25, -0.2) is 0 Å². The number of benzene rings is 2. The molecule has 0 radical (unpaired) electrons. The van der Waals surface area contributed by atoms with E-state index in [0.717, 1.165) is 43.4 Å². The van der Waals surface area contributed by atoms with Crippen molar-refractivity contribution in [3.63, 3.8) is 0 Å². The quantitative estimate of drug-likeness (QED) is 0.207. The molecular weight excluding hydrogens is 420 g/mol. The van der Waals surface area contributed by atoms with Crippen LogP contribution in [0.1, 0.15) is 82.3 Å². The average Bonchev–Trinajstić information content (AvgIpc) is 2.85. The Labute approximate surface area is 206 Å². The molecule has 4 nitrogen and oxygen atoms in total. The Bertz CT molecular complexity index is 792. The summed E-state index contributed by atoms with van der Waals surface area (Å²) in [6.07, 6.45) is 14.5. The molecule has 0 aliphatic rings. The third-order valence-electron chi connectivity index (χ3n) is 5.85. The summed E-state index contributed by atoms with van der Waals surface area (Å²) in [4.78, 5) is 26.2. The van der Waals surface area contributed by atoms with Crippen LogP contribution in [-0.4, -0.2) is 23.3 Å². The molecule has 184 valence electrons. The van der Waals surface area contributed by atoms with Crippen LogP contribution in [0.5, 0.6) is 0 Å². The van der Waals surface area contributed by atoms with Crippen LogP contribution in [0, 0.1) is 0 Å². The second kappa shape index (κ2) is 17.6. The lowest BCUT2D eigenvalue weighted by Gasteiger charge is -2.21. The standard InChI is InChI=1S/C30H42N2O2/c1-2-18-29(33)31-24-17-9-7-5-3-4-6-8-16-23-30(34)32(25-27-19-12-10-13-20-27)26-28-21-14-11-15-22-28/h10-16,19-23H,2-9,17-18,24-26H2,1H3,(H,31,33)/b23-16+. The zero-order valence-corrected chi connectivity index (χ0v) is 20.9. The van der Waals surface area contributed by atoms with Crippen molar-refractivity contribution in [2.45, 2.75) is 84.2 Å². The van der Waals surface area contributed by atoms with Crippen LogP contribution in [0.25, 0.3) is 0 Å². The van der Waals surface area contributed by atoms with Gasteiger partial charge < -0.3 is 10.2 Å². The van der Waals surface area contributed by atoms with E-state index >= 15 is 0 Å². The first kappa shape index (κ1) is 27.4. The molecule has 34 heavy (non-hydrogen) atoms. The highest BCUT2D eigenvalue weighted by molar-refractivity contribution is 5.87. The van der Waals surface area contributed by atoms with Crippen molar-refractivity contribution >= 4 is 11.8 Å². The van der Waals surface area contributed by atoms with Crippen LogP contribution in [0.15, 0.2) is 72.8 Å². The Morgan fingerprint density at radius 3 is 1.85 bits per heavy atom. The van der Waals surface area contributed by atoms with Gasteiger partial charge in [-0.3, -0.25) is 9.59 Å². The smallest absolute Gasteiger partial charge is 0.246 e. The van der Waals surface area contributed by atoms with Gasteiger partial charge in [-0.15, -0.1) is 0 Å². The number of carbonyl (C=O) groups excluding carboxylic acids is 2. The molecule has 0 saturated heterocycles. The summed E-state index contributed by atoms with van der Waals surface area (Å²) in [5, 5.41) is 2.98. The number of nitrogens with zero attached hydrogens (tertiary/aromatic N) is 1. The monoisotopic (exact) mass is 462 g/mol. The molecule has 0 aromatic heterocycles. The Morgan fingerprint density at radius 1 is 0.765 bits per heavy atom. The number of rotatable bonds is 17. The summed E-state index contributed by atoms with van der Waals surface area (Å²) < 4.78 is 0. The molecule has 2 rings (SSSR count). The summed E-state index contributed by atoms with van der Waals surface area (Å²) >= 11 is 0. The fourth-order valence-electron chi connectivity index (χ4n) is 3.92. The van der Waals surface area contributed by atoms with E-state index in [0.29, 0.717) is 19.5 Å². The number of allylic oxidation sites excluding steroid dienone is 1. The maximum atomic E-state index is 12.9. The van der Waals surface area contributed by atoms with Gasteiger partial charge in [0.25, 0.3) is 0 Å². The molecule has 0 bridgehead atoms. The SMILES string of the molecule is CCCC(=O)NCCCCCCCCC/C=C/C(=O)N(Cc1ccccc1)Cc1ccccc1. The summed E-state index contributed by atoms with van der Waals surface area (Å²) in [6.45, 7) is 4.06. The zero-order chi connectivity index (χ0) is 24.3. The van der Waals surface area contributed by atoms with E-state index in [2.05, 4.69) is 29.6 Å². The summed E-state index contributed by atoms with van der Waals surface area (Å²) in [7, 11) is 0. The lowest BCUT2D eigenvalue weighted by molar-refractivity contribution is -0.127. The predicted molar refractivity (Wildman–Crippen MR) is 141 cm³/mol. The van der Waals surface area contributed by atoms with E-state index in [-0.39, 0.29) is 11.8 Å². The van der Waals surface area contributed by atoms with Gasteiger partial charge in [0.15, 0.2) is 0 Å². The number of amides is 2. The van der Waals surface area contributed by atoms with Gasteiger partial charge in [0.2, 0.25) is 11.8 Å². The lowest BCUT2D eigenvalue weighted by Crippen LogP contribution is -2.28. The molecule has 0 atom stereocenters. The topological polar surface area (TPSA) is 49.4 Å². The van der Waals surface area contributed by atoms with Crippen molar-refractivity contribution in [2.75, 3.05) is 6.54 Å². The molecule has 0 saturated carbocycles. The first-order valence-electron chi connectivity index (χ1n) is 13.0. The molecule has 0 fully saturated rings. The maximum absolute atomic E-state index is 12.9. The molecule has 0 unspecified atom stereocenters. The van der Waals surface area contributed by atoms with Crippen molar-refractivity contribution in [3.05, 3.63) is 83.9 Å². The van der Waals surface area contributed by atoms with Crippen molar-refractivity contribution in [1.82, 2.24) is 10.2 Å². The largest absolute Gasteiger partial charge is 0.356 e. The van der Waals surface area contributed by atoms with E-state index in [9.17, 15) is 9.59 Å². The first-order chi connectivity index (χ1) is 16.7. The number of hydrogen-bond donors (Lipinski definition) is 1. The Balaban J connectivity index is 1.62. The predicted octanol–water partition coefficient (Wildman–Crippen LogP) is 6.81.